The first-order valence-electron chi connectivity index (χ1n) is 6.91. The standard InChI is InChI=1S/C15H21NO3/c1-3-4-5-6-7-13(17)11-8-9-12-14(10-11)19-15(18)16(12)2/h8-10,13,17H,3-7H2,1-2H3. The Morgan fingerprint density at radius 3 is 2.84 bits per heavy atom. The lowest BCUT2D eigenvalue weighted by Gasteiger charge is -2.10. The molecule has 104 valence electrons. The summed E-state index contributed by atoms with van der Waals surface area (Å²) in [4.78, 5) is 11.4. The molecular formula is C15H21NO3. The maximum atomic E-state index is 11.4. The number of aryl methyl sites for hydroxylation is 1. The number of hydrogen-bond acceptors (Lipinski definition) is 3. The van der Waals surface area contributed by atoms with Crippen LogP contribution in [0, 0.1) is 0 Å². The fourth-order valence-corrected chi connectivity index (χ4v) is 2.29. The summed E-state index contributed by atoms with van der Waals surface area (Å²) in [5.74, 6) is -0.371. The molecule has 1 aromatic carbocycles. The van der Waals surface area contributed by atoms with E-state index in [1.165, 1.54) is 17.4 Å². The van der Waals surface area contributed by atoms with Crippen LogP contribution in [0.3, 0.4) is 0 Å². The molecule has 0 aliphatic carbocycles. The zero-order valence-electron chi connectivity index (χ0n) is 11.6. The van der Waals surface area contributed by atoms with Crippen molar-refractivity contribution in [2.45, 2.75) is 45.1 Å². The van der Waals surface area contributed by atoms with Gasteiger partial charge in [0, 0.05) is 7.05 Å². The maximum absolute atomic E-state index is 11.4. The Morgan fingerprint density at radius 1 is 1.32 bits per heavy atom. The van der Waals surface area contributed by atoms with Crippen LogP contribution in [-0.4, -0.2) is 9.67 Å². The summed E-state index contributed by atoms with van der Waals surface area (Å²) in [6, 6.07) is 5.45. The van der Waals surface area contributed by atoms with Gasteiger partial charge in [-0.2, -0.15) is 0 Å². The second-order valence-electron chi connectivity index (χ2n) is 5.02. The SMILES string of the molecule is CCCCCCC(O)c1ccc2c(c1)oc(=O)n2C. The van der Waals surface area contributed by atoms with E-state index in [4.69, 9.17) is 4.42 Å². The first kappa shape index (κ1) is 13.9. The summed E-state index contributed by atoms with van der Waals surface area (Å²) >= 11 is 0. The predicted molar refractivity (Wildman–Crippen MR) is 75.2 cm³/mol. The van der Waals surface area contributed by atoms with Gasteiger partial charge in [0.1, 0.15) is 0 Å². The van der Waals surface area contributed by atoms with Crippen molar-refractivity contribution in [2.75, 3.05) is 0 Å². The highest BCUT2D eigenvalue weighted by Crippen LogP contribution is 2.23. The number of unbranched alkanes of at least 4 members (excludes halogenated alkanes) is 3. The summed E-state index contributed by atoms with van der Waals surface area (Å²) in [6.07, 6.45) is 4.84. The molecule has 0 fully saturated rings. The Kier molecular flexibility index (Phi) is 4.43. The fourth-order valence-electron chi connectivity index (χ4n) is 2.29. The van der Waals surface area contributed by atoms with Crippen LogP contribution < -0.4 is 5.76 Å². The van der Waals surface area contributed by atoms with Gasteiger partial charge in [0.2, 0.25) is 0 Å². The Balaban J connectivity index is 2.10. The third kappa shape index (κ3) is 3.07. The number of nitrogens with zero attached hydrogens (tertiary/aromatic N) is 1. The Hall–Kier alpha value is -1.55. The van der Waals surface area contributed by atoms with Crippen LogP contribution in [-0.2, 0) is 7.05 Å². The highest BCUT2D eigenvalue weighted by Gasteiger charge is 2.11. The van der Waals surface area contributed by atoms with Gasteiger partial charge >= 0.3 is 5.76 Å². The van der Waals surface area contributed by atoms with Crippen LogP contribution in [0.5, 0.6) is 0 Å². The normalized spacial score (nSPS) is 13.0. The topological polar surface area (TPSA) is 55.4 Å². The number of aliphatic hydroxyl groups is 1. The molecule has 0 amide bonds. The van der Waals surface area contributed by atoms with Gasteiger partial charge in [-0.15, -0.1) is 0 Å². The monoisotopic (exact) mass is 263 g/mol. The van der Waals surface area contributed by atoms with Crippen molar-refractivity contribution >= 4 is 11.1 Å². The minimum absolute atomic E-state index is 0.371. The van der Waals surface area contributed by atoms with E-state index in [-0.39, 0.29) is 5.76 Å². The Bertz CT molecular complexity index is 597. The number of aromatic nitrogens is 1. The first-order chi connectivity index (χ1) is 9.13. The van der Waals surface area contributed by atoms with E-state index in [0.717, 1.165) is 30.3 Å². The molecule has 2 rings (SSSR count). The van der Waals surface area contributed by atoms with Crippen molar-refractivity contribution in [1.29, 1.82) is 0 Å². The van der Waals surface area contributed by atoms with Crippen molar-refractivity contribution < 1.29 is 9.52 Å². The molecule has 1 aromatic heterocycles. The molecule has 1 heterocycles. The van der Waals surface area contributed by atoms with Gasteiger partial charge in [0.05, 0.1) is 11.6 Å². The van der Waals surface area contributed by atoms with Crippen molar-refractivity contribution in [1.82, 2.24) is 4.57 Å². The number of aliphatic hydroxyl groups excluding tert-OH is 1. The molecule has 0 aliphatic heterocycles. The van der Waals surface area contributed by atoms with Gasteiger partial charge in [-0.25, -0.2) is 4.79 Å². The molecule has 0 saturated carbocycles. The third-order valence-electron chi connectivity index (χ3n) is 3.53. The number of fused-ring (bicyclic) bond motifs is 1. The van der Waals surface area contributed by atoms with E-state index in [1.807, 2.05) is 12.1 Å². The molecule has 1 atom stereocenters. The molecule has 0 spiro atoms. The minimum Gasteiger partial charge on any atom is -0.408 e. The molecule has 1 unspecified atom stereocenters. The first-order valence-corrected chi connectivity index (χ1v) is 6.91. The number of oxazole rings is 1. The second kappa shape index (κ2) is 6.06. The predicted octanol–water partition coefficient (Wildman–Crippen LogP) is 3.14. The molecule has 0 radical (unpaired) electrons. The lowest BCUT2D eigenvalue weighted by atomic mass is 10.0. The average molecular weight is 263 g/mol. The molecule has 0 aliphatic rings. The average Bonchev–Trinajstić information content (AvgIpc) is 2.69. The summed E-state index contributed by atoms with van der Waals surface area (Å²) in [5.41, 5.74) is 2.11. The van der Waals surface area contributed by atoms with E-state index in [1.54, 1.807) is 13.1 Å². The highest BCUT2D eigenvalue weighted by molar-refractivity contribution is 5.73. The fraction of sp³-hybridized carbons (Fsp3) is 0.533. The molecule has 19 heavy (non-hydrogen) atoms. The van der Waals surface area contributed by atoms with Gasteiger partial charge in [0.25, 0.3) is 0 Å². The quantitative estimate of drug-likeness (QED) is 0.815. The van der Waals surface area contributed by atoms with Gasteiger partial charge < -0.3 is 9.52 Å². The molecule has 0 bridgehead atoms. The van der Waals surface area contributed by atoms with Crippen LogP contribution in [0.4, 0.5) is 0 Å². The third-order valence-corrected chi connectivity index (χ3v) is 3.53. The van der Waals surface area contributed by atoms with E-state index < -0.39 is 6.10 Å². The van der Waals surface area contributed by atoms with Crippen LogP contribution >= 0.6 is 0 Å². The summed E-state index contributed by atoms with van der Waals surface area (Å²) in [5, 5.41) is 10.1. The van der Waals surface area contributed by atoms with E-state index in [2.05, 4.69) is 6.92 Å². The van der Waals surface area contributed by atoms with E-state index in [0.29, 0.717) is 5.58 Å². The molecule has 1 N–H and O–H groups in total. The lowest BCUT2D eigenvalue weighted by molar-refractivity contribution is 0.163. The lowest BCUT2D eigenvalue weighted by Crippen LogP contribution is -2.08. The largest absolute Gasteiger partial charge is 0.419 e. The van der Waals surface area contributed by atoms with Crippen molar-refractivity contribution in [3.8, 4) is 0 Å². The van der Waals surface area contributed by atoms with E-state index >= 15 is 0 Å². The van der Waals surface area contributed by atoms with E-state index in [9.17, 15) is 9.90 Å². The molecule has 2 aromatic rings. The number of benzene rings is 1. The van der Waals surface area contributed by atoms with Gasteiger partial charge in [-0.3, -0.25) is 4.57 Å². The van der Waals surface area contributed by atoms with Crippen LogP contribution in [0.1, 0.15) is 50.7 Å². The summed E-state index contributed by atoms with van der Waals surface area (Å²) in [6.45, 7) is 2.17. The zero-order valence-corrected chi connectivity index (χ0v) is 11.6. The van der Waals surface area contributed by atoms with Gasteiger partial charge in [-0.05, 0) is 24.1 Å². The van der Waals surface area contributed by atoms with Crippen molar-refractivity contribution in [3.63, 3.8) is 0 Å². The summed E-state index contributed by atoms with van der Waals surface area (Å²) in [7, 11) is 1.68. The number of hydrogen-bond donors (Lipinski definition) is 1. The maximum Gasteiger partial charge on any atom is 0.419 e. The minimum atomic E-state index is -0.480. The second-order valence-corrected chi connectivity index (χ2v) is 5.02. The van der Waals surface area contributed by atoms with Crippen molar-refractivity contribution in [2.24, 2.45) is 7.05 Å². The molecular weight excluding hydrogens is 242 g/mol. The molecule has 4 heteroatoms. The van der Waals surface area contributed by atoms with Crippen LogP contribution in [0.15, 0.2) is 27.4 Å². The zero-order chi connectivity index (χ0) is 13.8. The summed E-state index contributed by atoms with van der Waals surface area (Å²) < 4.78 is 6.59. The Labute approximate surface area is 112 Å². The van der Waals surface area contributed by atoms with Crippen LogP contribution in [0.2, 0.25) is 0 Å². The van der Waals surface area contributed by atoms with Crippen molar-refractivity contribution in [3.05, 3.63) is 34.3 Å². The smallest absolute Gasteiger partial charge is 0.408 e. The molecule has 0 saturated heterocycles. The Morgan fingerprint density at radius 2 is 2.11 bits per heavy atom. The van der Waals surface area contributed by atoms with Gasteiger partial charge in [0.15, 0.2) is 5.58 Å². The highest BCUT2D eigenvalue weighted by atomic mass is 16.4. The molecule has 4 nitrogen and oxygen atoms in total. The van der Waals surface area contributed by atoms with Crippen LogP contribution in [0.25, 0.3) is 11.1 Å². The van der Waals surface area contributed by atoms with Gasteiger partial charge in [-0.1, -0.05) is 38.7 Å². The number of rotatable bonds is 6.